The van der Waals surface area contributed by atoms with E-state index in [4.69, 9.17) is 5.73 Å². The molecule has 0 fully saturated rings. The Bertz CT molecular complexity index is 1950. The zero-order valence-electron chi connectivity index (χ0n) is 24.7. The lowest BCUT2D eigenvalue weighted by Gasteiger charge is -2.22. The predicted octanol–water partition coefficient (Wildman–Crippen LogP) is 9.64. The van der Waals surface area contributed by atoms with E-state index in [9.17, 15) is 0 Å². The highest BCUT2D eigenvalue weighted by Crippen LogP contribution is 2.53. The maximum atomic E-state index is 6.70. The standard InChI is InChI=1S/C41H36N2/c1-41(2)36-22-12-21-34(39(36)35-26-30-17-9-10-18-31(30)27-37(35)41)32-19-11-20-33(25-32)38(24-23-28-13-5-3-6-14-28)43-40(42)29-15-7-4-8-16-29/h3-22,24-27,40,43H,23,42H2,1-2H3/b38-24-. The van der Waals surface area contributed by atoms with E-state index in [1.54, 1.807) is 0 Å². The van der Waals surface area contributed by atoms with E-state index in [0.717, 1.165) is 23.2 Å². The van der Waals surface area contributed by atoms with Gasteiger partial charge in [0.15, 0.2) is 0 Å². The van der Waals surface area contributed by atoms with Crippen LogP contribution in [0.5, 0.6) is 0 Å². The van der Waals surface area contributed by atoms with Crippen molar-refractivity contribution in [3.05, 3.63) is 173 Å². The van der Waals surface area contributed by atoms with Crippen LogP contribution in [-0.2, 0) is 11.8 Å². The Morgan fingerprint density at radius 2 is 1.35 bits per heavy atom. The highest BCUT2D eigenvalue weighted by molar-refractivity contribution is 5.98. The van der Waals surface area contributed by atoms with E-state index in [1.165, 1.54) is 49.7 Å². The molecule has 6 aromatic carbocycles. The van der Waals surface area contributed by atoms with Crippen LogP contribution in [0.25, 0.3) is 38.7 Å². The van der Waals surface area contributed by atoms with Crippen LogP contribution in [0.2, 0.25) is 0 Å². The van der Waals surface area contributed by atoms with Crippen molar-refractivity contribution in [2.45, 2.75) is 31.8 Å². The minimum Gasteiger partial charge on any atom is -0.366 e. The minimum atomic E-state index is -0.325. The second-order valence-corrected chi connectivity index (χ2v) is 12.0. The van der Waals surface area contributed by atoms with Crippen molar-refractivity contribution >= 4 is 16.5 Å². The first kappa shape index (κ1) is 26.9. The van der Waals surface area contributed by atoms with E-state index in [-0.39, 0.29) is 11.6 Å². The zero-order valence-corrected chi connectivity index (χ0v) is 24.7. The monoisotopic (exact) mass is 556 g/mol. The van der Waals surface area contributed by atoms with Crippen LogP contribution in [0.15, 0.2) is 146 Å². The van der Waals surface area contributed by atoms with E-state index in [1.807, 2.05) is 18.2 Å². The molecule has 0 aromatic heterocycles. The Balaban J connectivity index is 1.33. The van der Waals surface area contributed by atoms with Gasteiger partial charge in [-0.05, 0) is 85.5 Å². The molecule has 0 saturated carbocycles. The third-order valence-electron chi connectivity index (χ3n) is 8.91. The highest BCUT2D eigenvalue weighted by atomic mass is 15.0. The van der Waals surface area contributed by atoms with Crippen molar-refractivity contribution in [2.24, 2.45) is 5.73 Å². The normalized spacial score (nSPS) is 14.3. The largest absolute Gasteiger partial charge is 0.366 e. The number of benzene rings is 6. The van der Waals surface area contributed by atoms with Gasteiger partial charge in [0.2, 0.25) is 0 Å². The number of hydrogen-bond donors (Lipinski definition) is 2. The lowest BCUT2D eigenvalue weighted by Crippen LogP contribution is -2.27. The third-order valence-corrected chi connectivity index (χ3v) is 8.91. The summed E-state index contributed by atoms with van der Waals surface area (Å²) >= 11 is 0. The topological polar surface area (TPSA) is 38.0 Å². The first-order valence-electron chi connectivity index (χ1n) is 15.1. The molecule has 2 nitrogen and oxygen atoms in total. The molecule has 7 rings (SSSR count). The molecule has 3 N–H and O–H groups in total. The maximum absolute atomic E-state index is 6.70. The Hall–Kier alpha value is -4.92. The number of allylic oxidation sites excluding steroid dienone is 1. The SMILES string of the molecule is CC1(C)c2cc3ccccc3cc2-c2c(-c3cccc(/C(=C/Cc4ccccc4)NC(N)c4ccccc4)c3)cccc21. The first-order chi connectivity index (χ1) is 21.0. The average molecular weight is 557 g/mol. The van der Waals surface area contributed by atoms with Crippen LogP contribution in [0.3, 0.4) is 0 Å². The van der Waals surface area contributed by atoms with Crippen LogP contribution < -0.4 is 11.1 Å². The van der Waals surface area contributed by atoms with Gasteiger partial charge in [0.25, 0.3) is 0 Å². The molecule has 2 heteroatoms. The number of hydrogen-bond acceptors (Lipinski definition) is 2. The van der Waals surface area contributed by atoms with E-state index in [2.05, 4.69) is 147 Å². The molecular formula is C41H36N2. The molecule has 0 heterocycles. The number of nitrogens with two attached hydrogens (primary N) is 1. The molecule has 0 aliphatic heterocycles. The molecule has 1 aliphatic carbocycles. The molecule has 43 heavy (non-hydrogen) atoms. The van der Waals surface area contributed by atoms with Crippen molar-refractivity contribution in [3.63, 3.8) is 0 Å². The molecule has 210 valence electrons. The number of rotatable bonds is 7. The average Bonchev–Trinajstić information content (AvgIpc) is 3.28. The third kappa shape index (κ3) is 5.05. The van der Waals surface area contributed by atoms with E-state index < -0.39 is 0 Å². The van der Waals surface area contributed by atoms with Gasteiger partial charge in [0.1, 0.15) is 6.17 Å². The molecule has 0 amide bonds. The summed E-state index contributed by atoms with van der Waals surface area (Å²) in [6.45, 7) is 4.71. The second-order valence-electron chi connectivity index (χ2n) is 12.0. The summed E-state index contributed by atoms with van der Waals surface area (Å²) in [5.41, 5.74) is 19.0. The molecular weight excluding hydrogens is 520 g/mol. The predicted molar refractivity (Wildman–Crippen MR) is 182 cm³/mol. The molecule has 0 radical (unpaired) electrons. The van der Waals surface area contributed by atoms with Crippen molar-refractivity contribution in [3.8, 4) is 22.3 Å². The van der Waals surface area contributed by atoms with Crippen LogP contribution >= 0.6 is 0 Å². The van der Waals surface area contributed by atoms with Gasteiger partial charge >= 0.3 is 0 Å². The smallest absolute Gasteiger partial charge is 0.101 e. The van der Waals surface area contributed by atoms with Gasteiger partial charge in [-0.1, -0.05) is 141 Å². The van der Waals surface area contributed by atoms with Crippen molar-refractivity contribution in [1.82, 2.24) is 5.32 Å². The first-order valence-corrected chi connectivity index (χ1v) is 15.1. The van der Waals surface area contributed by atoms with E-state index in [0.29, 0.717) is 0 Å². The fourth-order valence-electron chi connectivity index (χ4n) is 6.57. The van der Waals surface area contributed by atoms with Gasteiger partial charge in [-0.15, -0.1) is 0 Å². The summed E-state index contributed by atoms with van der Waals surface area (Å²) < 4.78 is 0. The van der Waals surface area contributed by atoms with Crippen LogP contribution in [0.4, 0.5) is 0 Å². The lowest BCUT2D eigenvalue weighted by atomic mass is 9.81. The van der Waals surface area contributed by atoms with Crippen molar-refractivity contribution in [1.29, 1.82) is 0 Å². The summed E-state index contributed by atoms with van der Waals surface area (Å²) in [4.78, 5) is 0. The fourth-order valence-corrected chi connectivity index (χ4v) is 6.57. The maximum Gasteiger partial charge on any atom is 0.101 e. The molecule has 0 spiro atoms. The molecule has 6 aromatic rings. The Morgan fingerprint density at radius 1 is 0.674 bits per heavy atom. The Labute approximate surface area is 254 Å². The molecule has 0 saturated heterocycles. The zero-order chi connectivity index (χ0) is 29.4. The van der Waals surface area contributed by atoms with Crippen LogP contribution in [0.1, 0.15) is 47.8 Å². The summed E-state index contributed by atoms with van der Waals surface area (Å²) in [5, 5.41) is 6.21. The Kier molecular flexibility index (Phi) is 6.93. The van der Waals surface area contributed by atoms with Crippen LogP contribution in [-0.4, -0.2) is 0 Å². The van der Waals surface area contributed by atoms with Gasteiger partial charge < -0.3 is 11.1 Å². The van der Waals surface area contributed by atoms with Crippen LogP contribution in [0, 0.1) is 0 Å². The van der Waals surface area contributed by atoms with Crippen molar-refractivity contribution < 1.29 is 0 Å². The van der Waals surface area contributed by atoms with E-state index >= 15 is 0 Å². The summed E-state index contributed by atoms with van der Waals surface area (Å²) in [7, 11) is 0. The van der Waals surface area contributed by atoms with Gasteiger partial charge in [0, 0.05) is 11.1 Å². The summed E-state index contributed by atoms with van der Waals surface area (Å²) in [6.07, 6.45) is 2.75. The summed E-state index contributed by atoms with van der Waals surface area (Å²) in [6, 6.07) is 49.9. The van der Waals surface area contributed by atoms with Gasteiger partial charge in [-0.2, -0.15) is 0 Å². The highest BCUT2D eigenvalue weighted by Gasteiger charge is 2.37. The molecule has 0 bridgehead atoms. The fraction of sp³-hybridized carbons (Fsp3) is 0.122. The molecule has 1 atom stereocenters. The lowest BCUT2D eigenvalue weighted by molar-refractivity contribution is 0.661. The van der Waals surface area contributed by atoms with Gasteiger partial charge in [0.05, 0.1) is 0 Å². The van der Waals surface area contributed by atoms with Gasteiger partial charge in [-0.25, -0.2) is 0 Å². The molecule has 1 unspecified atom stereocenters. The number of fused-ring (bicyclic) bond motifs is 4. The second kappa shape index (κ2) is 11.1. The molecule has 1 aliphatic rings. The van der Waals surface area contributed by atoms with Gasteiger partial charge in [-0.3, -0.25) is 0 Å². The van der Waals surface area contributed by atoms with Crippen molar-refractivity contribution in [2.75, 3.05) is 0 Å². The quantitative estimate of drug-likeness (QED) is 0.192. The minimum absolute atomic E-state index is 0.0763. The summed E-state index contributed by atoms with van der Waals surface area (Å²) in [5.74, 6) is 0. The Morgan fingerprint density at radius 3 is 2.12 bits per heavy atom. The number of nitrogens with one attached hydrogen (secondary N) is 1.